The highest BCUT2D eigenvalue weighted by Crippen LogP contribution is 2.31. The molecule has 0 fully saturated rings. The molecular weight excluding hydrogens is 253 g/mol. The molecular formula is C14H13F3N2. The Hall–Kier alpha value is -2.17. The minimum Gasteiger partial charge on any atom is -0.399 e. The maximum Gasteiger partial charge on any atom is 0.265 e. The van der Waals surface area contributed by atoms with E-state index in [1.165, 1.54) is 30.3 Å². The summed E-state index contributed by atoms with van der Waals surface area (Å²) in [5, 5.41) is 2.67. The van der Waals surface area contributed by atoms with Gasteiger partial charge in [-0.2, -0.15) is 0 Å². The van der Waals surface area contributed by atoms with Crippen LogP contribution in [0.3, 0.4) is 0 Å². The number of aryl methyl sites for hydroxylation is 1. The molecule has 2 aromatic rings. The lowest BCUT2D eigenvalue weighted by atomic mass is 10.1. The smallest absolute Gasteiger partial charge is 0.265 e. The number of anilines is 3. The van der Waals surface area contributed by atoms with Crippen molar-refractivity contribution in [1.29, 1.82) is 0 Å². The molecule has 0 heterocycles. The van der Waals surface area contributed by atoms with E-state index in [0.29, 0.717) is 0 Å². The van der Waals surface area contributed by atoms with E-state index in [2.05, 4.69) is 5.32 Å². The fourth-order valence-electron chi connectivity index (χ4n) is 1.74. The Labute approximate surface area is 109 Å². The highest BCUT2D eigenvalue weighted by Gasteiger charge is 2.14. The molecule has 0 spiro atoms. The summed E-state index contributed by atoms with van der Waals surface area (Å²) < 4.78 is 39.4. The van der Waals surface area contributed by atoms with E-state index in [-0.39, 0.29) is 22.6 Å². The van der Waals surface area contributed by atoms with Crippen LogP contribution in [-0.2, 0) is 0 Å². The number of alkyl halides is 2. The van der Waals surface area contributed by atoms with Crippen molar-refractivity contribution in [1.82, 2.24) is 0 Å². The number of hydrogen-bond donors (Lipinski definition) is 2. The van der Waals surface area contributed by atoms with E-state index < -0.39 is 12.2 Å². The Kier molecular flexibility index (Phi) is 3.64. The minimum absolute atomic E-state index is 0.145. The summed E-state index contributed by atoms with van der Waals surface area (Å²) >= 11 is 0. The summed E-state index contributed by atoms with van der Waals surface area (Å²) in [6, 6.07) is 8.62. The van der Waals surface area contributed by atoms with Gasteiger partial charge in [-0.05, 0) is 42.8 Å². The normalized spacial score (nSPS) is 10.8. The monoisotopic (exact) mass is 266 g/mol. The molecule has 0 aliphatic carbocycles. The third kappa shape index (κ3) is 2.99. The highest BCUT2D eigenvalue weighted by atomic mass is 19.3. The van der Waals surface area contributed by atoms with E-state index >= 15 is 0 Å². The Balaban J connectivity index is 2.38. The average Bonchev–Trinajstić information content (AvgIpc) is 2.34. The second-order valence-electron chi connectivity index (χ2n) is 4.26. The number of nitrogen functional groups attached to an aromatic ring is 1. The first-order chi connectivity index (χ1) is 8.97. The predicted octanol–water partition coefficient (Wildman–Crippen LogP) is 4.40. The SMILES string of the molecule is Cc1ccc(Nc2ccc(N)cc2C(F)F)c(F)c1. The van der Waals surface area contributed by atoms with Crippen LogP contribution in [0.1, 0.15) is 17.6 Å². The third-order valence-corrected chi connectivity index (χ3v) is 2.70. The molecule has 0 unspecified atom stereocenters. The largest absolute Gasteiger partial charge is 0.399 e. The zero-order valence-electron chi connectivity index (χ0n) is 10.3. The summed E-state index contributed by atoms with van der Waals surface area (Å²) in [6.07, 6.45) is -2.68. The lowest BCUT2D eigenvalue weighted by Crippen LogP contribution is -2.00. The van der Waals surface area contributed by atoms with Crippen LogP contribution in [0, 0.1) is 12.7 Å². The van der Waals surface area contributed by atoms with Crippen LogP contribution in [0.5, 0.6) is 0 Å². The first kappa shape index (κ1) is 13.3. The molecule has 5 heteroatoms. The van der Waals surface area contributed by atoms with E-state index in [4.69, 9.17) is 5.73 Å². The van der Waals surface area contributed by atoms with Gasteiger partial charge in [0.25, 0.3) is 6.43 Å². The minimum atomic E-state index is -2.68. The van der Waals surface area contributed by atoms with Crippen molar-refractivity contribution in [2.75, 3.05) is 11.1 Å². The van der Waals surface area contributed by atoms with E-state index in [1.807, 2.05) is 0 Å². The highest BCUT2D eigenvalue weighted by molar-refractivity contribution is 5.67. The molecule has 0 bridgehead atoms. The van der Waals surface area contributed by atoms with Crippen molar-refractivity contribution >= 4 is 17.1 Å². The quantitative estimate of drug-likeness (QED) is 0.808. The van der Waals surface area contributed by atoms with Crippen molar-refractivity contribution in [3.8, 4) is 0 Å². The number of nitrogens with one attached hydrogen (secondary N) is 1. The van der Waals surface area contributed by atoms with Crippen molar-refractivity contribution in [2.24, 2.45) is 0 Å². The van der Waals surface area contributed by atoms with E-state index in [9.17, 15) is 13.2 Å². The molecule has 2 nitrogen and oxygen atoms in total. The summed E-state index contributed by atoms with van der Waals surface area (Å²) in [5.74, 6) is -0.489. The van der Waals surface area contributed by atoms with Gasteiger partial charge in [0, 0.05) is 16.9 Å². The standard InChI is InChI=1S/C14H13F3N2/c1-8-2-4-13(11(15)6-8)19-12-5-3-9(18)7-10(12)14(16)17/h2-7,14,19H,18H2,1H3. The maximum atomic E-state index is 13.7. The van der Waals surface area contributed by atoms with Gasteiger partial charge in [0.2, 0.25) is 0 Å². The Morgan fingerprint density at radius 2 is 1.74 bits per heavy atom. The lowest BCUT2D eigenvalue weighted by molar-refractivity contribution is 0.152. The molecule has 2 aromatic carbocycles. The Morgan fingerprint density at radius 3 is 2.37 bits per heavy atom. The second-order valence-corrected chi connectivity index (χ2v) is 4.26. The van der Waals surface area contributed by atoms with Gasteiger partial charge in [-0.25, -0.2) is 13.2 Å². The molecule has 0 saturated heterocycles. The van der Waals surface area contributed by atoms with Crippen LogP contribution in [-0.4, -0.2) is 0 Å². The maximum absolute atomic E-state index is 13.7. The third-order valence-electron chi connectivity index (χ3n) is 2.70. The molecule has 2 rings (SSSR count). The van der Waals surface area contributed by atoms with E-state index in [0.717, 1.165) is 5.56 Å². The number of rotatable bonds is 3. The molecule has 0 saturated carbocycles. The summed E-state index contributed by atoms with van der Waals surface area (Å²) in [6.45, 7) is 1.75. The van der Waals surface area contributed by atoms with Crippen molar-refractivity contribution in [2.45, 2.75) is 13.3 Å². The zero-order valence-corrected chi connectivity index (χ0v) is 10.3. The zero-order chi connectivity index (χ0) is 14.0. The van der Waals surface area contributed by atoms with Gasteiger partial charge in [-0.3, -0.25) is 0 Å². The Morgan fingerprint density at radius 1 is 1.05 bits per heavy atom. The molecule has 100 valence electrons. The van der Waals surface area contributed by atoms with Crippen LogP contribution in [0.4, 0.5) is 30.2 Å². The van der Waals surface area contributed by atoms with Gasteiger partial charge in [0.15, 0.2) is 0 Å². The van der Waals surface area contributed by atoms with Gasteiger partial charge in [0.05, 0.1) is 5.69 Å². The summed E-state index contributed by atoms with van der Waals surface area (Å²) in [4.78, 5) is 0. The molecule has 0 aliphatic rings. The topological polar surface area (TPSA) is 38.0 Å². The summed E-state index contributed by atoms with van der Waals surface area (Å²) in [5.41, 5.74) is 6.52. The predicted molar refractivity (Wildman–Crippen MR) is 70.2 cm³/mol. The molecule has 0 amide bonds. The fourth-order valence-corrected chi connectivity index (χ4v) is 1.74. The Bertz CT molecular complexity index is 597. The van der Waals surface area contributed by atoms with Crippen LogP contribution < -0.4 is 11.1 Å². The van der Waals surface area contributed by atoms with Gasteiger partial charge >= 0.3 is 0 Å². The van der Waals surface area contributed by atoms with Crippen molar-refractivity contribution < 1.29 is 13.2 Å². The van der Waals surface area contributed by atoms with Crippen molar-refractivity contribution in [3.05, 3.63) is 53.3 Å². The van der Waals surface area contributed by atoms with Gasteiger partial charge in [-0.1, -0.05) is 6.07 Å². The summed E-state index contributed by atoms with van der Waals surface area (Å²) in [7, 11) is 0. The van der Waals surface area contributed by atoms with Crippen LogP contribution >= 0.6 is 0 Å². The number of halogens is 3. The van der Waals surface area contributed by atoms with Gasteiger partial charge < -0.3 is 11.1 Å². The van der Waals surface area contributed by atoms with E-state index in [1.54, 1.807) is 13.0 Å². The number of hydrogen-bond acceptors (Lipinski definition) is 2. The molecule has 0 aromatic heterocycles. The van der Waals surface area contributed by atoms with Gasteiger partial charge in [-0.15, -0.1) is 0 Å². The first-order valence-corrected chi connectivity index (χ1v) is 5.68. The van der Waals surface area contributed by atoms with Crippen LogP contribution in [0.15, 0.2) is 36.4 Å². The second kappa shape index (κ2) is 5.22. The number of benzene rings is 2. The number of nitrogens with two attached hydrogens (primary N) is 1. The fraction of sp³-hybridized carbons (Fsp3) is 0.143. The lowest BCUT2D eigenvalue weighted by Gasteiger charge is -2.13. The van der Waals surface area contributed by atoms with Crippen LogP contribution in [0.2, 0.25) is 0 Å². The molecule has 0 aliphatic heterocycles. The van der Waals surface area contributed by atoms with Crippen LogP contribution in [0.25, 0.3) is 0 Å². The average molecular weight is 266 g/mol. The molecule has 0 radical (unpaired) electrons. The first-order valence-electron chi connectivity index (χ1n) is 5.68. The van der Waals surface area contributed by atoms with Gasteiger partial charge in [0.1, 0.15) is 5.82 Å². The molecule has 19 heavy (non-hydrogen) atoms. The molecule has 0 atom stereocenters. The van der Waals surface area contributed by atoms with Crippen molar-refractivity contribution in [3.63, 3.8) is 0 Å². The molecule has 3 N–H and O–H groups in total.